The highest BCUT2D eigenvalue weighted by atomic mass is 16.5. The highest BCUT2D eigenvalue weighted by Gasteiger charge is 2.25. The van der Waals surface area contributed by atoms with Crippen molar-refractivity contribution < 1.29 is 19.4 Å². The number of carboxylic acid groups (broad SMARTS) is 1. The van der Waals surface area contributed by atoms with Crippen molar-refractivity contribution in [3.05, 3.63) is 59.4 Å². The van der Waals surface area contributed by atoms with Gasteiger partial charge < -0.3 is 14.7 Å². The zero-order valence-electron chi connectivity index (χ0n) is 15.5. The quantitative estimate of drug-likeness (QED) is 0.871. The molecule has 1 unspecified atom stereocenters. The number of piperazine rings is 1. The lowest BCUT2D eigenvalue weighted by atomic mass is 10.1. The molecule has 2 aromatic rings. The normalized spacial score (nSPS) is 16.0. The second kappa shape index (κ2) is 8.18. The van der Waals surface area contributed by atoms with Gasteiger partial charge in [-0.3, -0.25) is 9.69 Å². The number of pyridine rings is 1. The van der Waals surface area contributed by atoms with E-state index in [1.807, 2.05) is 18.2 Å². The fourth-order valence-corrected chi connectivity index (χ4v) is 3.25. The molecule has 3 rings (SSSR count). The van der Waals surface area contributed by atoms with Gasteiger partial charge in [0.1, 0.15) is 11.4 Å². The second-order valence-electron chi connectivity index (χ2n) is 6.52. The van der Waals surface area contributed by atoms with Crippen LogP contribution in [-0.2, 0) is 0 Å². The monoisotopic (exact) mass is 369 g/mol. The third-order valence-electron chi connectivity index (χ3n) is 4.95. The van der Waals surface area contributed by atoms with Crippen molar-refractivity contribution in [3.63, 3.8) is 0 Å². The molecule has 0 spiro atoms. The van der Waals surface area contributed by atoms with Gasteiger partial charge in [-0.2, -0.15) is 0 Å². The number of rotatable bonds is 5. The van der Waals surface area contributed by atoms with E-state index in [2.05, 4.69) is 22.9 Å². The number of benzene rings is 1. The van der Waals surface area contributed by atoms with Gasteiger partial charge in [-0.1, -0.05) is 12.1 Å². The van der Waals surface area contributed by atoms with E-state index in [1.54, 1.807) is 12.0 Å². The Hall–Kier alpha value is -2.93. The Bertz CT molecular complexity index is 814. The summed E-state index contributed by atoms with van der Waals surface area (Å²) in [7, 11) is 1.66. The summed E-state index contributed by atoms with van der Waals surface area (Å²) in [4.78, 5) is 31.4. The Morgan fingerprint density at radius 2 is 1.89 bits per heavy atom. The van der Waals surface area contributed by atoms with E-state index in [0.717, 1.165) is 18.8 Å². The van der Waals surface area contributed by atoms with Crippen LogP contribution in [0.5, 0.6) is 5.75 Å². The SMILES string of the molecule is COc1cccc(C(C)N2CCN(C(=O)c3ccc(C(=O)O)nc3)CC2)c1. The van der Waals surface area contributed by atoms with Gasteiger partial charge in [-0.25, -0.2) is 9.78 Å². The summed E-state index contributed by atoms with van der Waals surface area (Å²) in [6, 6.07) is 11.1. The lowest BCUT2D eigenvalue weighted by molar-refractivity contribution is 0.0580. The molecule has 7 nitrogen and oxygen atoms in total. The minimum atomic E-state index is -1.10. The molecule has 1 aliphatic rings. The number of methoxy groups -OCH3 is 1. The van der Waals surface area contributed by atoms with Crippen molar-refractivity contribution in [3.8, 4) is 5.75 Å². The van der Waals surface area contributed by atoms with E-state index in [9.17, 15) is 9.59 Å². The first-order valence-electron chi connectivity index (χ1n) is 8.86. The van der Waals surface area contributed by atoms with E-state index in [1.165, 1.54) is 23.9 Å². The summed E-state index contributed by atoms with van der Waals surface area (Å²) in [6.07, 6.45) is 1.33. The van der Waals surface area contributed by atoms with Crippen LogP contribution in [0.2, 0.25) is 0 Å². The Morgan fingerprint density at radius 3 is 2.48 bits per heavy atom. The van der Waals surface area contributed by atoms with Gasteiger partial charge in [0.2, 0.25) is 0 Å². The summed E-state index contributed by atoms with van der Waals surface area (Å²) in [5.41, 5.74) is 1.53. The molecule has 0 radical (unpaired) electrons. The third-order valence-corrected chi connectivity index (χ3v) is 4.95. The molecule has 1 aromatic carbocycles. The number of aromatic carboxylic acids is 1. The summed E-state index contributed by atoms with van der Waals surface area (Å²) >= 11 is 0. The van der Waals surface area contributed by atoms with Crippen LogP contribution in [0.3, 0.4) is 0 Å². The standard InChI is InChI=1S/C20H23N3O4/c1-14(15-4-3-5-17(12-15)27-2)22-8-10-23(11-9-22)19(24)16-6-7-18(20(25)26)21-13-16/h3-7,12-14H,8-11H2,1-2H3,(H,25,26). The number of carboxylic acids is 1. The fourth-order valence-electron chi connectivity index (χ4n) is 3.25. The molecule has 2 heterocycles. The van der Waals surface area contributed by atoms with E-state index in [0.29, 0.717) is 18.7 Å². The van der Waals surface area contributed by atoms with E-state index < -0.39 is 5.97 Å². The number of hydrogen-bond donors (Lipinski definition) is 1. The molecule has 7 heteroatoms. The topological polar surface area (TPSA) is 83.0 Å². The van der Waals surface area contributed by atoms with Crippen LogP contribution in [-0.4, -0.2) is 65.1 Å². The summed E-state index contributed by atoms with van der Waals surface area (Å²) in [5, 5.41) is 8.90. The minimum Gasteiger partial charge on any atom is -0.497 e. The molecule has 0 saturated carbocycles. The maximum atomic E-state index is 12.6. The van der Waals surface area contributed by atoms with Gasteiger partial charge in [0.05, 0.1) is 12.7 Å². The second-order valence-corrected chi connectivity index (χ2v) is 6.52. The lowest BCUT2D eigenvalue weighted by Gasteiger charge is -2.38. The summed E-state index contributed by atoms with van der Waals surface area (Å²) in [5.74, 6) is -0.382. The van der Waals surface area contributed by atoms with Gasteiger partial charge in [-0.05, 0) is 36.8 Å². The number of ether oxygens (including phenoxy) is 1. The third kappa shape index (κ3) is 4.25. The average molecular weight is 369 g/mol. The molecule has 0 aliphatic carbocycles. The molecule has 142 valence electrons. The van der Waals surface area contributed by atoms with Crippen LogP contribution < -0.4 is 4.74 Å². The molecule has 1 N–H and O–H groups in total. The first-order chi connectivity index (χ1) is 13.0. The molecule has 1 atom stereocenters. The largest absolute Gasteiger partial charge is 0.497 e. The highest BCUT2D eigenvalue weighted by Crippen LogP contribution is 2.25. The van der Waals surface area contributed by atoms with E-state index in [4.69, 9.17) is 9.84 Å². The summed E-state index contributed by atoms with van der Waals surface area (Å²) < 4.78 is 5.30. The zero-order chi connectivity index (χ0) is 19.4. The predicted molar refractivity (Wildman–Crippen MR) is 100 cm³/mol. The van der Waals surface area contributed by atoms with Crippen LogP contribution in [0.15, 0.2) is 42.6 Å². The number of hydrogen-bond acceptors (Lipinski definition) is 5. The van der Waals surface area contributed by atoms with Gasteiger partial charge in [0.25, 0.3) is 5.91 Å². The van der Waals surface area contributed by atoms with Crippen LogP contribution >= 0.6 is 0 Å². The van der Waals surface area contributed by atoms with E-state index >= 15 is 0 Å². The van der Waals surface area contributed by atoms with E-state index in [-0.39, 0.29) is 17.6 Å². The molecular formula is C20H23N3O4. The Morgan fingerprint density at radius 1 is 1.15 bits per heavy atom. The number of aromatic nitrogens is 1. The maximum Gasteiger partial charge on any atom is 0.354 e. The van der Waals surface area contributed by atoms with Crippen molar-refractivity contribution in [2.45, 2.75) is 13.0 Å². The first kappa shape index (κ1) is 18.8. The molecule has 1 amide bonds. The number of carbonyl (C=O) groups excluding carboxylic acids is 1. The zero-order valence-corrected chi connectivity index (χ0v) is 15.5. The molecule has 1 aromatic heterocycles. The smallest absolute Gasteiger partial charge is 0.354 e. The first-order valence-corrected chi connectivity index (χ1v) is 8.86. The molecule has 1 saturated heterocycles. The number of nitrogens with zero attached hydrogens (tertiary/aromatic N) is 3. The van der Waals surface area contributed by atoms with Crippen LogP contribution in [0.1, 0.15) is 39.4 Å². The molecule has 1 aliphatic heterocycles. The van der Waals surface area contributed by atoms with Crippen LogP contribution in [0, 0.1) is 0 Å². The average Bonchev–Trinajstić information content (AvgIpc) is 2.73. The summed E-state index contributed by atoms with van der Waals surface area (Å²) in [6.45, 7) is 4.93. The maximum absolute atomic E-state index is 12.6. The molecule has 0 bridgehead atoms. The van der Waals surface area contributed by atoms with Crippen molar-refractivity contribution in [1.82, 2.24) is 14.8 Å². The number of carbonyl (C=O) groups is 2. The molecular weight excluding hydrogens is 346 g/mol. The van der Waals surface area contributed by atoms with Gasteiger partial charge >= 0.3 is 5.97 Å². The lowest BCUT2D eigenvalue weighted by Crippen LogP contribution is -2.49. The van der Waals surface area contributed by atoms with Crippen molar-refractivity contribution >= 4 is 11.9 Å². The Balaban J connectivity index is 1.60. The molecule has 27 heavy (non-hydrogen) atoms. The Labute approximate surface area is 158 Å². The van der Waals surface area contributed by atoms with Gasteiger partial charge in [0.15, 0.2) is 0 Å². The van der Waals surface area contributed by atoms with Crippen molar-refractivity contribution in [2.24, 2.45) is 0 Å². The van der Waals surface area contributed by atoms with Crippen LogP contribution in [0.4, 0.5) is 0 Å². The highest BCUT2D eigenvalue weighted by molar-refractivity contribution is 5.95. The van der Waals surface area contributed by atoms with Crippen molar-refractivity contribution in [1.29, 1.82) is 0 Å². The minimum absolute atomic E-state index is 0.0662. The Kier molecular flexibility index (Phi) is 5.71. The number of amides is 1. The van der Waals surface area contributed by atoms with Gasteiger partial charge in [0, 0.05) is 38.4 Å². The fraction of sp³-hybridized carbons (Fsp3) is 0.350. The molecule has 1 fully saturated rings. The predicted octanol–water partition coefficient (Wildman–Crippen LogP) is 2.31. The van der Waals surface area contributed by atoms with Crippen molar-refractivity contribution in [2.75, 3.05) is 33.3 Å². The van der Waals surface area contributed by atoms with Gasteiger partial charge in [-0.15, -0.1) is 0 Å². The van der Waals surface area contributed by atoms with Crippen LogP contribution in [0.25, 0.3) is 0 Å².